The van der Waals surface area contributed by atoms with Crippen LogP contribution in [-0.4, -0.2) is 37.2 Å². The number of rotatable bonds is 53. The highest BCUT2D eigenvalue weighted by molar-refractivity contribution is 5.71. The molecule has 0 amide bonds. The lowest BCUT2D eigenvalue weighted by Gasteiger charge is -2.18. The second-order valence-corrected chi connectivity index (χ2v) is 19.5. The average molecular weight is 964 g/mol. The summed E-state index contributed by atoms with van der Waals surface area (Å²) in [5.41, 5.74) is 0. The number of unbranched alkanes of at least 4 members (excludes halogenated alkanes) is 30. The van der Waals surface area contributed by atoms with Gasteiger partial charge in [-0.25, -0.2) is 0 Å². The maximum atomic E-state index is 12.8. The summed E-state index contributed by atoms with van der Waals surface area (Å²) in [4.78, 5) is 38.1. The van der Waals surface area contributed by atoms with Crippen molar-refractivity contribution in [3.8, 4) is 0 Å². The van der Waals surface area contributed by atoms with E-state index >= 15 is 0 Å². The van der Waals surface area contributed by atoms with Gasteiger partial charge in [0.15, 0.2) is 6.10 Å². The summed E-state index contributed by atoms with van der Waals surface area (Å²) in [6.07, 6.45) is 73.3. The van der Waals surface area contributed by atoms with E-state index in [0.29, 0.717) is 19.3 Å². The van der Waals surface area contributed by atoms with Crippen molar-refractivity contribution >= 4 is 17.9 Å². The van der Waals surface area contributed by atoms with E-state index in [2.05, 4.69) is 93.7 Å². The van der Waals surface area contributed by atoms with Gasteiger partial charge in [0.1, 0.15) is 13.2 Å². The summed E-state index contributed by atoms with van der Waals surface area (Å²) in [6.45, 7) is 6.54. The van der Waals surface area contributed by atoms with Gasteiger partial charge in [-0.15, -0.1) is 0 Å². The smallest absolute Gasteiger partial charge is 0.306 e. The predicted molar refractivity (Wildman–Crippen MR) is 298 cm³/mol. The lowest BCUT2D eigenvalue weighted by atomic mass is 10.1. The Labute approximate surface area is 427 Å². The van der Waals surface area contributed by atoms with Gasteiger partial charge in [-0.1, -0.05) is 235 Å². The second-order valence-electron chi connectivity index (χ2n) is 19.5. The Morgan fingerprint density at radius 1 is 0.290 bits per heavy atom. The molecule has 0 aromatic heterocycles. The van der Waals surface area contributed by atoms with E-state index in [1.54, 1.807) is 0 Å². The highest BCUT2D eigenvalue weighted by atomic mass is 16.6. The summed E-state index contributed by atoms with van der Waals surface area (Å²) in [6, 6.07) is 0. The minimum absolute atomic E-state index is 0.0854. The summed E-state index contributed by atoms with van der Waals surface area (Å²) in [5, 5.41) is 0. The normalized spacial score (nSPS) is 12.6. The molecule has 1 unspecified atom stereocenters. The Morgan fingerprint density at radius 3 is 0.899 bits per heavy atom. The topological polar surface area (TPSA) is 78.9 Å². The molecule has 0 N–H and O–H groups in total. The molecular formula is C63H110O6. The highest BCUT2D eigenvalue weighted by Crippen LogP contribution is 2.15. The molecule has 0 rings (SSSR count). The third-order valence-corrected chi connectivity index (χ3v) is 12.6. The summed E-state index contributed by atoms with van der Waals surface area (Å²) < 4.78 is 16.8. The minimum Gasteiger partial charge on any atom is -0.462 e. The van der Waals surface area contributed by atoms with Crippen LogP contribution in [0.5, 0.6) is 0 Å². The van der Waals surface area contributed by atoms with Crippen LogP contribution in [0.15, 0.2) is 72.9 Å². The van der Waals surface area contributed by atoms with Crippen LogP contribution in [0.25, 0.3) is 0 Å². The zero-order valence-corrected chi connectivity index (χ0v) is 45.6. The quantitative estimate of drug-likeness (QED) is 0.0262. The molecule has 0 bridgehead atoms. The van der Waals surface area contributed by atoms with E-state index in [1.165, 1.54) is 141 Å². The average Bonchev–Trinajstić information content (AvgIpc) is 3.35. The van der Waals surface area contributed by atoms with Gasteiger partial charge in [0.05, 0.1) is 0 Å². The van der Waals surface area contributed by atoms with Crippen molar-refractivity contribution in [3.05, 3.63) is 72.9 Å². The van der Waals surface area contributed by atoms with Crippen LogP contribution in [0.1, 0.15) is 290 Å². The van der Waals surface area contributed by atoms with Crippen molar-refractivity contribution in [1.29, 1.82) is 0 Å². The van der Waals surface area contributed by atoms with Gasteiger partial charge < -0.3 is 14.2 Å². The zero-order valence-electron chi connectivity index (χ0n) is 45.6. The number of allylic oxidation sites excluding steroid dienone is 12. The Bertz CT molecular complexity index is 1290. The summed E-state index contributed by atoms with van der Waals surface area (Å²) >= 11 is 0. The van der Waals surface area contributed by atoms with Crippen LogP contribution in [0.3, 0.4) is 0 Å². The van der Waals surface area contributed by atoms with Crippen LogP contribution < -0.4 is 0 Å². The largest absolute Gasteiger partial charge is 0.462 e. The molecule has 0 heterocycles. The van der Waals surface area contributed by atoms with Crippen LogP contribution in [0, 0.1) is 0 Å². The molecule has 0 aromatic carbocycles. The molecule has 0 fully saturated rings. The maximum Gasteiger partial charge on any atom is 0.306 e. The predicted octanol–water partition coefficient (Wildman–Crippen LogP) is 19.8. The third-order valence-electron chi connectivity index (χ3n) is 12.6. The first-order valence-corrected chi connectivity index (χ1v) is 29.4. The highest BCUT2D eigenvalue weighted by Gasteiger charge is 2.19. The molecule has 6 nitrogen and oxygen atoms in total. The molecule has 0 aliphatic heterocycles. The fraction of sp³-hybridized carbons (Fsp3) is 0.762. The SMILES string of the molecule is CCC/C=C\CCCCCCCC(=O)OCC(COC(=O)CCCCCCCCCCCC/C=C\C/C=C\C/C=C\CCCCCCC)OC(=O)CCCCCCC/C=C\C/C=C\CCCCCC. The number of hydrogen-bond donors (Lipinski definition) is 0. The lowest BCUT2D eigenvalue weighted by molar-refractivity contribution is -0.167. The van der Waals surface area contributed by atoms with Gasteiger partial charge in [0.2, 0.25) is 0 Å². The van der Waals surface area contributed by atoms with Gasteiger partial charge >= 0.3 is 17.9 Å². The fourth-order valence-electron chi connectivity index (χ4n) is 8.19. The van der Waals surface area contributed by atoms with Crippen LogP contribution in [0.4, 0.5) is 0 Å². The molecule has 69 heavy (non-hydrogen) atoms. The second kappa shape index (κ2) is 57.4. The van der Waals surface area contributed by atoms with Crippen LogP contribution >= 0.6 is 0 Å². The standard InChI is InChI=1S/C63H110O6/c1-4-7-10-13-16-19-22-24-26-28-29-30-31-32-33-34-35-36-38-39-41-44-47-50-53-56-62(65)68-59-60(58-67-61(64)55-52-49-46-43-21-18-15-12-9-6-3)69-63(66)57-54-51-48-45-42-40-37-27-25-23-20-17-14-11-8-5-2/h12,15,20,22-24,27-29,31-32,37,60H,4-11,13-14,16-19,21,25-26,30,33-36,38-59H2,1-3H3/b15-12-,23-20-,24-22-,29-28-,32-31-,37-27-. The Balaban J connectivity index is 4.27. The van der Waals surface area contributed by atoms with Crippen molar-refractivity contribution in [3.63, 3.8) is 0 Å². The number of ether oxygens (including phenoxy) is 3. The first-order chi connectivity index (χ1) is 34.0. The van der Waals surface area contributed by atoms with E-state index in [0.717, 1.165) is 109 Å². The third kappa shape index (κ3) is 55.6. The number of esters is 3. The number of hydrogen-bond acceptors (Lipinski definition) is 6. The fourth-order valence-corrected chi connectivity index (χ4v) is 8.19. The lowest BCUT2D eigenvalue weighted by Crippen LogP contribution is -2.30. The van der Waals surface area contributed by atoms with E-state index in [1.807, 2.05) is 0 Å². The van der Waals surface area contributed by atoms with E-state index in [4.69, 9.17) is 14.2 Å². The Hall–Kier alpha value is -3.15. The molecule has 6 heteroatoms. The summed E-state index contributed by atoms with van der Waals surface area (Å²) in [5.74, 6) is -0.907. The van der Waals surface area contributed by atoms with E-state index in [-0.39, 0.29) is 31.1 Å². The van der Waals surface area contributed by atoms with Crippen molar-refractivity contribution in [2.75, 3.05) is 13.2 Å². The Kier molecular flexibility index (Phi) is 54.8. The first kappa shape index (κ1) is 65.8. The molecular weight excluding hydrogens is 853 g/mol. The molecule has 0 saturated carbocycles. The molecule has 0 aliphatic carbocycles. The number of carbonyl (C=O) groups is 3. The van der Waals surface area contributed by atoms with Gasteiger partial charge in [-0.05, 0) is 109 Å². The van der Waals surface area contributed by atoms with Crippen LogP contribution in [0.2, 0.25) is 0 Å². The zero-order chi connectivity index (χ0) is 50.0. The van der Waals surface area contributed by atoms with E-state index < -0.39 is 6.10 Å². The molecule has 0 aromatic rings. The van der Waals surface area contributed by atoms with Gasteiger partial charge in [0, 0.05) is 19.3 Å². The van der Waals surface area contributed by atoms with Gasteiger partial charge in [-0.2, -0.15) is 0 Å². The first-order valence-electron chi connectivity index (χ1n) is 29.4. The Morgan fingerprint density at radius 2 is 0.551 bits per heavy atom. The molecule has 0 saturated heterocycles. The molecule has 0 spiro atoms. The van der Waals surface area contributed by atoms with Crippen molar-refractivity contribution in [1.82, 2.24) is 0 Å². The molecule has 0 radical (unpaired) electrons. The molecule has 0 aliphatic rings. The minimum atomic E-state index is -0.787. The van der Waals surface area contributed by atoms with Crippen molar-refractivity contribution in [2.45, 2.75) is 297 Å². The maximum absolute atomic E-state index is 12.8. The van der Waals surface area contributed by atoms with Gasteiger partial charge in [-0.3, -0.25) is 14.4 Å². The van der Waals surface area contributed by atoms with Gasteiger partial charge in [0.25, 0.3) is 0 Å². The monoisotopic (exact) mass is 963 g/mol. The molecule has 1 atom stereocenters. The van der Waals surface area contributed by atoms with Crippen molar-refractivity contribution < 1.29 is 28.6 Å². The summed E-state index contributed by atoms with van der Waals surface area (Å²) in [7, 11) is 0. The van der Waals surface area contributed by atoms with E-state index in [9.17, 15) is 14.4 Å². The van der Waals surface area contributed by atoms with Crippen molar-refractivity contribution in [2.24, 2.45) is 0 Å². The number of carbonyl (C=O) groups excluding carboxylic acids is 3. The van der Waals surface area contributed by atoms with Crippen LogP contribution in [-0.2, 0) is 28.6 Å². The molecule has 398 valence electrons.